The number of alkyl carbamates (subject to hydrolysis) is 1. The van der Waals surface area contributed by atoms with E-state index in [0.29, 0.717) is 0 Å². The Bertz CT molecular complexity index is 692. The Kier molecular flexibility index (Phi) is 6.97. The first-order chi connectivity index (χ1) is 14.0. The first kappa shape index (κ1) is 25.3. The molecule has 31 heavy (non-hydrogen) atoms. The zero-order chi connectivity index (χ0) is 23.7. The van der Waals surface area contributed by atoms with Crippen LogP contribution in [0.25, 0.3) is 0 Å². The summed E-state index contributed by atoms with van der Waals surface area (Å²) >= 11 is 0. The minimum absolute atomic E-state index is 0.186. The Morgan fingerprint density at radius 1 is 0.774 bits per heavy atom. The number of carbonyl (C=O) groups excluding carboxylic acids is 3. The minimum Gasteiger partial charge on any atom is -0.467 e. The van der Waals surface area contributed by atoms with E-state index in [1.54, 1.807) is 48.5 Å². The van der Waals surface area contributed by atoms with Crippen molar-refractivity contribution in [2.24, 2.45) is 0 Å². The lowest BCUT2D eigenvalue weighted by Crippen LogP contribution is -2.74. The Morgan fingerprint density at radius 3 is 1.58 bits per heavy atom. The van der Waals surface area contributed by atoms with Gasteiger partial charge in [0.2, 0.25) is 0 Å². The van der Waals surface area contributed by atoms with Crippen molar-refractivity contribution in [2.75, 3.05) is 33.5 Å². The van der Waals surface area contributed by atoms with Gasteiger partial charge in [-0.3, -0.25) is 4.79 Å². The molecule has 2 aliphatic heterocycles. The van der Waals surface area contributed by atoms with Gasteiger partial charge in [-0.05, 0) is 48.5 Å². The molecule has 2 N–H and O–H groups in total. The lowest BCUT2D eigenvalue weighted by Gasteiger charge is -2.46. The number of nitrogens with one attached hydrogen (secondary N) is 2. The lowest BCUT2D eigenvalue weighted by molar-refractivity contribution is -0.276. The summed E-state index contributed by atoms with van der Waals surface area (Å²) in [5.74, 6) is -3.37. The smallest absolute Gasteiger partial charge is 0.408 e. The summed E-state index contributed by atoms with van der Waals surface area (Å²) in [6.45, 7) is 11.0. The van der Waals surface area contributed by atoms with Crippen LogP contribution in [0.1, 0.15) is 48.5 Å². The van der Waals surface area contributed by atoms with Gasteiger partial charge in [0.1, 0.15) is 5.60 Å². The summed E-state index contributed by atoms with van der Waals surface area (Å²) in [4.78, 5) is 38.5. The quantitative estimate of drug-likeness (QED) is 0.603. The van der Waals surface area contributed by atoms with E-state index < -0.39 is 46.2 Å². The highest BCUT2D eigenvalue weighted by Crippen LogP contribution is 2.28. The molecule has 0 aromatic rings. The van der Waals surface area contributed by atoms with Crippen molar-refractivity contribution in [1.82, 2.24) is 10.6 Å². The fourth-order valence-corrected chi connectivity index (χ4v) is 2.89. The number of amides is 2. The molecule has 0 saturated carbocycles. The van der Waals surface area contributed by atoms with Crippen molar-refractivity contribution in [3.63, 3.8) is 0 Å². The summed E-state index contributed by atoms with van der Waals surface area (Å²) in [6.07, 6.45) is -0.834. The first-order valence-corrected chi connectivity index (χ1v) is 10.0. The number of carbonyl (C=O) groups is 3. The number of methoxy groups -OCH3 is 1. The molecule has 2 rings (SSSR count). The van der Waals surface area contributed by atoms with Crippen molar-refractivity contribution in [1.29, 1.82) is 0 Å². The van der Waals surface area contributed by atoms with E-state index in [1.807, 2.05) is 0 Å². The molecule has 2 fully saturated rings. The van der Waals surface area contributed by atoms with Crippen LogP contribution in [0.2, 0.25) is 0 Å². The van der Waals surface area contributed by atoms with Crippen molar-refractivity contribution in [2.45, 2.75) is 76.7 Å². The molecule has 2 saturated heterocycles. The molecule has 0 aromatic carbocycles. The van der Waals surface area contributed by atoms with Gasteiger partial charge in [0.25, 0.3) is 5.91 Å². The number of hydrogen-bond acceptors (Lipinski definition) is 9. The van der Waals surface area contributed by atoms with Gasteiger partial charge < -0.3 is 39.1 Å². The van der Waals surface area contributed by atoms with E-state index in [4.69, 9.17) is 28.4 Å². The van der Waals surface area contributed by atoms with Crippen LogP contribution in [-0.2, 0) is 38.0 Å². The van der Waals surface area contributed by atoms with Crippen molar-refractivity contribution < 1.29 is 42.8 Å². The van der Waals surface area contributed by atoms with Crippen LogP contribution < -0.4 is 10.6 Å². The summed E-state index contributed by atoms with van der Waals surface area (Å²) in [5, 5.41) is 5.18. The van der Waals surface area contributed by atoms with E-state index in [2.05, 4.69) is 10.6 Å². The van der Waals surface area contributed by atoms with Crippen LogP contribution in [0.5, 0.6) is 0 Å². The predicted molar refractivity (Wildman–Crippen MR) is 107 cm³/mol. The normalized spacial score (nSPS) is 23.9. The number of rotatable bonds is 4. The van der Waals surface area contributed by atoms with E-state index in [1.165, 1.54) is 7.11 Å². The fourth-order valence-electron chi connectivity index (χ4n) is 2.89. The summed E-state index contributed by atoms with van der Waals surface area (Å²) in [6, 6.07) is 0. The Morgan fingerprint density at radius 2 is 1.19 bits per heavy atom. The van der Waals surface area contributed by atoms with Crippen molar-refractivity contribution in [3.05, 3.63) is 0 Å². The number of esters is 1. The number of ether oxygens (including phenoxy) is 6. The molecule has 0 unspecified atom stereocenters. The van der Waals surface area contributed by atoms with Gasteiger partial charge >= 0.3 is 12.1 Å². The zero-order valence-corrected chi connectivity index (χ0v) is 19.5. The highest BCUT2D eigenvalue weighted by atomic mass is 16.7. The van der Waals surface area contributed by atoms with Gasteiger partial charge in [-0.15, -0.1) is 0 Å². The largest absolute Gasteiger partial charge is 0.467 e. The second-order valence-corrected chi connectivity index (χ2v) is 9.69. The van der Waals surface area contributed by atoms with Crippen LogP contribution in [-0.4, -0.2) is 79.8 Å². The maximum absolute atomic E-state index is 13.4. The molecule has 0 aromatic heterocycles. The van der Waals surface area contributed by atoms with Gasteiger partial charge in [-0.2, -0.15) is 0 Å². The van der Waals surface area contributed by atoms with Crippen LogP contribution in [0.3, 0.4) is 0 Å². The molecule has 0 aliphatic carbocycles. The van der Waals surface area contributed by atoms with Gasteiger partial charge in [0, 0.05) is 0 Å². The zero-order valence-electron chi connectivity index (χ0n) is 19.5. The van der Waals surface area contributed by atoms with Gasteiger partial charge in [0.05, 0.1) is 33.5 Å². The highest BCUT2D eigenvalue weighted by Gasteiger charge is 2.54. The third kappa shape index (κ3) is 6.28. The molecular formula is C20H34N2O9. The van der Waals surface area contributed by atoms with Crippen LogP contribution in [0.4, 0.5) is 4.79 Å². The van der Waals surface area contributed by atoms with Crippen LogP contribution >= 0.6 is 0 Å². The molecule has 2 heterocycles. The van der Waals surface area contributed by atoms with E-state index in [0.717, 1.165) is 0 Å². The second kappa shape index (κ2) is 8.53. The molecule has 0 bridgehead atoms. The van der Waals surface area contributed by atoms with Crippen LogP contribution in [0, 0.1) is 0 Å². The van der Waals surface area contributed by atoms with E-state index in [9.17, 15) is 14.4 Å². The van der Waals surface area contributed by atoms with Gasteiger partial charge in [-0.1, -0.05) is 0 Å². The average Bonchev–Trinajstić information content (AvgIpc) is 2.63. The molecule has 0 atom stereocenters. The van der Waals surface area contributed by atoms with Crippen molar-refractivity contribution >= 4 is 18.0 Å². The molecule has 11 heteroatoms. The first-order valence-electron chi connectivity index (χ1n) is 10.0. The fraction of sp³-hybridized carbons (Fsp3) is 0.850. The molecule has 2 amide bonds. The Balaban J connectivity index is 2.29. The highest BCUT2D eigenvalue weighted by molar-refractivity contribution is 5.95. The molecule has 0 radical (unpaired) electrons. The summed E-state index contributed by atoms with van der Waals surface area (Å²) in [7, 11) is 1.19. The van der Waals surface area contributed by atoms with Gasteiger partial charge in [-0.25, -0.2) is 9.59 Å². The van der Waals surface area contributed by atoms with E-state index in [-0.39, 0.29) is 26.4 Å². The number of hydrogen-bond donors (Lipinski definition) is 2. The lowest BCUT2D eigenvalue weighted by atomic mass is 9.94. The summed E-state index contributed by atoms with van der Waals surface area (Å²) < 4.78 is 32.6. The minimum atomic E-state index is -1.66. The maximum Gasteiger partial charge on any atom is 0.408 e. The predicted octanol–water partition coefficient (Wildman–Crippen LogP) is 0.844. The molecule has 2 aliphatic rings. The van der Waals surface area contributed by atoms with E-state index >= 15 is 0 Å². The van der Waals surface area contributed by atoms with Crippen LogP contribution in [0.15, 0.2) is 0 Å². The molecular weight excluding hydrogens is 412 g/mol. The molecule has 178 valence electrons. The third-order valence-electron chi connectivity index (χ3n) is 4.77. The Hall–Kier alpha value is -1.95. The maximum atomic E-state index is 13.4. The molecule has 11 nitrogen and oxygen atoms in total. The second-order valence-electron chi connectivity index (χ2n) is 9.69. The topological polar surface area (TPSA) is 131 Å². The standard InChI is InChI=1S/C20H34N2O9/c1-16(2,3)31-15(25)22-19(9-27-17(4,5)28-10-19)13(23)21-20(14(24)26-8)11-29-18(6,7)30-12-20/h9-12H2,1-8H3,(H,21,23)(H,22,25). The van der Waals surface area contributed by atoms with Crippen molar-refractivity contribution in [3.8, 4) is 0 Å². The average molecular weight is 446 g/mol. The molecule has 0 spiro atoms. The third-order valence-corrected chi connectivity index (χ3v) is 4.77. The van der Waals surface area contributed by atoms with Gasteiger partial charge in [0.15, 0.2) is 22.7 Å². The Labute approximate surface area is 182 Å². The summed E-state index contributed by atoms with van der Waals surface area (Å²) in [5.41, 5.74) is -4.07. The monoisotopic (exact) mass is 446 g/mol. The SMILES string of the molecule is COC(=O)C1(NC(=O)C2(NC(=O)OC(C)(C)C)COC(C)(C)OC2)COC(C)(C)OC1.